The Labute approximate surface area is 130 Å². The minimum Gasteiger partial charge on any atom is -0.481 e. The van der Waals surface area contributed by atoms with E-state index in [1.54, 1.807) is 0 Å². The lowest BCUT2D eigenvalue weighted by Crippen LogP contribution is -2.50. The number of carbonyl (C=O) groups is 2. The highest BCUT2D eigenvalue weighted by Gasteiger charge is 2.33. The molecule has 2 aliphatic heterocycles. The molecule has 118 valence electrons. The first-order valence-electron chi connectivity index (χ1n) is 7.94. The number of nitrogens with zero attached hydrogens (tertiary/aromatic N) is 2. The summed E-state index contributed by atoms with van der Waals surface area (Å²) in [7, 11) is 0. The number of aliphatic carboxylic acids is 1. The fourth-order valence-electron chi connectivity index (χ4n) is 3.48. The van der Waals surface area contributed by atoms with E-state index in [4.69, 9.17) is 5.11 Å². The van der Waals surface area contributed by atoms with Crippen molar-refractivity contribution in [2.24, 2.45) is 5.92 Å². The average molecular weight is 302 g/mol. The molecule has 0 aliphatic carbocycles. The smallest absolute Gasteiger partial charge is 0.306 e. The van der Waals surface area contributed by atoms with Crippen molar-refractivity contribution in [3.05, 3.63) is 29.8 Å². The fourth-order valence-corrected chi connectivity index (χ4v) is 3.48. The number of hydrogen-bond acceptors (Lipinski definition) is 3. The summed E-state index contributed by atoms with van der Waals surface area (Å²) < 4.78 is 0. The quantitative estimate of drug-likeness (QED) is 0.924. The van der Waals surface area contributed by atoms with Gasteiger partial charge in [0.05, 0.1) is 12.0 Å². The Morgan fingerprint density at radius 3 is 2.55 bits per heavy atom. The van der Waals surface area contributed by atoms with Crippen LogP contribution in [-0.4, -0.2) is 47.6 Å². The molecule has 3 rings (SSSR count). The standard InChI is InChI=1S/C17H22N2O3/c1-12(18-9-6-14(7-10-18)17(21)22)16(20)19-11-8-13-4-2-3-5-15(13)19/h2-5,12,14H,6-11H2,1H3,(H,21,22). The Balaban J connectivity index is 1.65. The van der Waals surface area contributed by atoms with Gasteiger partial charge in [0.1, 0.15) is 0 Å². The van der Waals surface area contributed by atoms with E-state index in [1.165, 1.54) is 5.56 Å². The first-order valence-corrected chi connectivity index (χ1v) is 7.94. The second kappa shape index (κ2) is 6.08. The van der Waals surface area contributed by atoms with Gasteiger partial charge >= 0.3 is 5.97 Å². The predicted molar refractivity (Wildman–Crippen MR) is 83.9 cm³/mol. The molecule has 22 heavy (non-hydrogen) atoms. The topological polar surface area (TPSA) is 60.9 Å². The molecule has 0 saturated carbocycles. The van der Waals surface area contributed by atoms with Gasteiger partial charge in [0.25, 0.3) is 0 Å². The third kappa shape index (κ3) is 2.73. The summed E-state index contributed by atoms with van der Waals surface area (Å²) >= 11 is 0. The van der Waals surface area contributed by atoms with E-state index in [0.29, 0.717) is 25.9 Å². The van der Waals surface area contributed by atoms with E-state index >= 15 is 0 Å². The largest absolute Gasteiger partial charge is 0.481 e. The van der Waals surface area contributed by atoms with Crippen LogP contribution in [-0.2, 0) is 16.0 Å². The molecular weight excluding hydrogens is 280 g/mol. The minimum absolute atomic E-state index is 0.124. The zero-order valence-electron chi connectivity index (χ0n) is 12.9. The number of fused-ring (bicyclic) bond motifs is 1. The summed E-state index contributed by atoms with van der Waals surface area (Å²) in [6.45, 7) is 4.04. The predicted octanol–water partition coefficient (Wildman–Crippen LogP) is 1.76. The van der Waals surface area contributed by atoms with Gasteiger partial charge in [-0.15, -0.1) is 0 Å². The Hall–Kier alpha value is -1.88. The van der Waals surface area contributed by atoms with Crippen LogP contribution in [0.2, 0.25) is 0 Å². The molecule has 1 aromatic rings. The lowest BCUT2D eigenvalue weighted by Gasteiger charge is -2.35. The molecule has 1 atom stereocenters. The number of amides is 1. The van der Waals surface area contributed by atoms with Crippen molar-refractivity contribution < 1.29 is 14.7 Å². The third-order valence-electron chi connectivity index (χ3n) is 4.94. The molecule has 0 aromatic heterocycles. The molecule has 0 spiro atoms. The molecule has 1 unspecified atom stereocenters. The monoisotopic (exact) mass is 302 g/mol. The fraction of sp³-hybridized carbons (Fsp3) is 0.529. The maximum Gasteiger partial charge on any atom is 0.306 e. The van der Waals surface area contributed by atoms with Crippen LogP contribution in [0, 0.1) is 5.92 Å². The van der Waals surface area contributed by atoms with E-state index in [0.717, 1.165) is 18.7 Å². The zero-order valence-corrected chi connectivity index (χ0v) is 12.9. The van der Waals surface area contributed by atoms with Crippen LogP contribution < -0.4 is 4.90 Å². The molecular formula is C17H22N2O3. The van der Waals surface area contributed by atoms with Crippen LogP contribution in [0.3, 0.4) is 0 Å². The van der Waals surface area contributed by atoms with Crippen molar-refractivity contribution in [3.63, 3.8) is 0 Å². The number of anilines is 1. The molecule has 5 heteroatoms. The number of carbonyl (C=O) groups excluding carboxylic acids is 1. The number of benzene rings is 1. The summed E-state index contributed by atoms with van der Waals surface area (Å²) in [4.78, 5) is 27.8. The molecule has 0 bridgehead atoms. The third-order valence-corrected chi connectivity index (χ3v) is 4.94. The maximum atomic E-state index is 12.8. The molecule has 2 heterocycles. The molecule has 1 saturated heterocycles. The van der Waals surface area contributed by atoms with E-state index in [9.17, 15) is 9.59 Å². The van der Waals surface area contributed by atoms with Crippen molar-refractivity contribution in [2.75, 3.05) is 24.5 Å². The van der Waals surface area contributed by atoms with Crippen LogP contribution in [0.1, 0.15) is 25.3 Å². The first-order chi connectivity index (χ1) is 10.6. The van der Waals surface area contributed by atoms with Crippen molar-refractivity contribution >= 4 is 17.6 Å². The Morgan fingerprint density at radius 1 is 1.18 bits per heavy atom. The van der Waals surface area contributed by atoms with Gasteiger partial charge in [0, 0.05) is 12.2 Å². The van der Waals surface area contributed by atoms with Crippen molar-refractivity contribution in [3.8, 4) is 0 Å². The molecule has 1 fully saturated rings. The van der Waals surface area contributed by atoms with Crippen LogP contribution in [0.4, 0.5) is 5.69 Å². The maximum absolute atomic E-state index is 12.8. The van der Waals surface area contributed by atoms with Crippen molar-refractivity contribution in [1.29, 1.82) is 0 Å². The SMILES string of the molecule is CC(C(=O)N1CCc2ccccc21)N1CCC(C(=O)O)CC1. The number of carboxylic acid groups (broad SMARTS) is 1. The van der Waals surface area contributed by atoms with Gasteiger partial charge in [-0.05, 0) is 50.9 Å². The molecule has 1 aromatic carbocycles. The van der Waals surface area contributed by atoms with E-state index in [1.807, 2.05) is 30.0 Å². The van der Waals surface area contributed by atoms with Gasteiger partial charge in [0.2, 0.25) is 5.91 Å². The van der Waals surface area contributed by atoms with Crippen molar-refractivity contribution in [2.45, 2.75) is 32.2 Å². The van der Waals surface area contributed by atoms with Crippen LogP contribution >= 0.6 is 0 Å². The van der Waals surface area contributed by atoms with Gasteiger partial charge in [-0.3, -0.25) is 14.5 Å². The number of rotatable bonds is 3. The second-order valence-electron chi connectivity index (χ2n) is 6.19. The van der Waals surface area contributed by atoms with Gasteiger partial charge in [-0.25, -0.2) is 0 Å². The first kappa shape index (κ1) is 15.0. The highest BCUT2D eigenvalue weighted by molar-refractivity contribution is 5.98. The number of carboxylic acids is 1. The lowest BCUT2D eigenvalue weighted by atomic mass is 9.96. The molecule has 2 aliphatic rings. The number of piperidine rings is 1. The minimum atomic E-state index is -0.716. The number of para-hydroxylation sites is 1. The van der Waals surface area contributed by atoms with Crippen LogP contribution in [0.15, 0.2) is 24.3 Å². The highest BCUT2D eigenvalue weighted by atomic mass is 16.4. The molecule has 1 N–H and O–H groups in total. The van der Waals surface area contributed by atoms with Gasteiger partial charge in [0.15, 0.2) is 0 Å². The summed E-state index contributed by atoms with van der Waals surface area (Å²) in [5, 5.41) is 9.06. The lowest BCUT2D eigenvalue weighted by molar-refractivity contribution is -0.143. The number of likely N-dealkylation sites (tertiary alicyclic amines) is 1. The van der Waals surface area contributed by atoms with Crippen LogP contribution in [0.5, 0.6) is 0 Å². The molecule has 0 radical (unpaired) electrons. The van der Waals surface area contributed by atoms with Gasteiger partial charge in [-0.2, -0.15) is 0 Å². The molecule has 1 amide bonds. The Morgan fingerprint density at radius 2 is 1.86 bits per heavy atom. The van der Waals surface area contributed by atoms with E-state index in [-0.39, 0.29) is 17.9 Å². The van der Waals surface area contributed by atoms with Crippen LogP contribution in [0.25, 0.3) is 0 Å². The molecule has 5 nitrogen and oxygen atoms in total. The number of hydrogen-bond donors (Lipinski definition) is 1. The van der Waals surface area contributed by atoms with Crippen molar-refractivity contribution in [1.82, 2.24) is 4.90 Å². The summed E-state index contributed by atoms with van der Waals surface area (Å²) in [6.07, 6.45) is 2.17. The summed E-state index contributed by atoms with van der Waals surface area (Å²) in [5.74, 6) is -0.850. The van der Waals surface area contributed by atoms with Gasteiger partial charge in [-0.1, -0.05) is 18.2 Å². The summed E-state index contributed by atoms with van der Waals surface area (Å²) in [6, 6.07) is 7.86. The normalized spacial score (nSPS) is 20.7. The van der Waals surface area contributed by atoms with E-state index in [2.05, 4.69) is 11.0 Å². The highest BCUT2D eigenvalue weighted by Crippen LogP contribution is 2.29. The summed E-state index contributed by atoms with van der Waals surface area (Å²) in [5.41, 5.74) is 2.26. The Kier molecular flexibility index (Phi) is 4.16. The van der Waals surface area contributed by atoms with E-state index < -0.39 is 5.97 Å². The zero-order chi connectivity index (χ0) is 15.7. The average Bonchev–Trinajstić information content (AvgIpc) is 2.97. The Bertz CT molecular complexity index is 579. The van der Waals surface area contributed by atoms with Gasteiger partial charge < -0.3 is 10.0 Å². The second-order valence-corrected chi connectivity index (χ2v) is 6.19.